The van der Waals surface area contributed by atoms with Crippen LogP contribution in [0.2, 0.25) is 0 Å². The van der Waals surface area contributed by atoms with Crippen molar-refractivity contribution in [3.05, 3.63) is 53.6 Å². The minimum atomic E-state index is -0.694. The van der Waals surface area contributed by atoms with Crippen molar-refractivity contribution in [1.82, 2.24) is 0 Å². The van der Waals surface area contributed by atoms with E-state index < -0.39 is 5.60 Å². The smallest absolute Gasteiger partial charge is 0.125 e. The Morgan fingerprint density at radius 2 is 1.81 bits per heavy atom. The van der Waals surface area contributed by atoms with Crippen LogP contribution >= 0.6 is 0 Å². The second-order valence-electron chi connectivity index (χ2n) is 6.13. The number of aliphatic hydroxyl groups is 1. The van der Waals surface area contributed by atoms with Crippen molar-refractivity contribution in [2.75, 3.05) is 6.61 Å². The number of hydrogen-bond donors (Lipinski definition) is 1. The average molecular weight is 283 g/mol. The van der Waals surface area contributed by atoms with E-state index in [-0.39, 0.29) is 0 Å². The minimum Gasteiger partial charge on any atom is -0.493 e. The van der Waals surface area contributed by atoms with Gasteiger partial charge in [-0.3, -0.25) is 0 Å². The number of aryl methyl sites for hydroxylation is 2. The minimum absolute atomic E-state index is 0.516. The molecular weight excluding hydrogens is 260 g/mol. The van der Waals surface area contributed by atoms with Gasteiger partial charge in [0.25, 0.3) is 0 Å². The Balaban J connectivity index is 2.18. The van der Waals surface area contributed by atoms with E-state index in [0.29, 0.717) is 13.0 Å². The average Bonchev–Trinajstić information content (AvgIpc) is 2.41. The van der Waals surface area contributed by atoms with Gasteiger partial charge in [-0.05, 0) is 68.1 Å². The van der Waals surface area contributed by atoms with Gasteiger partial charge in [0.05, 0.1) is 12.2 Å². The standard InChI is InChI=1S/C19H23O2/c1-14-12-17(16-8-6-5-7-9-16)13-15(2)18(14)21-11-10-19(3,4)20/h5-8,12-13,20H,10-11H2,1-4H3. The van der Waals surface area contributed by atoms with Gasteiger partial charge in [0.2, 0.25) is 0 Å². The fraction of sp³-hybridized carbons (Fsp3) is 0.368. The molecule has 2 aromatic rings. The van der Waals surface area contributed by atoms with E-state index >= 15 is 0 Å². The molecule has 0 unspecified atom stereocenters. The van der Waals surface area contributed by atoms with Gasteiger partial charge in [-0.1, -0.05) is 24.3 Å². The summed E-state index contributed by atoms with van der Waals surface area (Å²) in [5.74, 6) is 0.916. The van der Waals surface area contributed by atoms with Crippen molar-refractivity contribution < 1.29 is 9.84 Å². The third-order valence-electron chi connectivity index (χ3n) is 3.44. The summed E-state index contributed by atoms with van der Waals surface area (Å²) in [7, 11) is 0. The summed E-state index contributed by atoms with van der Waals surface area (Å²) in [6, 6.07) is 15.5. The summed E-state index contributed by atoms with van der Waals surface area (Å²) in [5.41, 5.74) is 3.77. The number of hydrogen-bond acceptors (Lipinski definition) is 2. The molecule has 1 N–H and O–H groups in total. The van der Waals surface area contributed by atoms with Crippen LogP contribution in [0.4, 0.5) is 0 Å². The third kappa shape index (κ3) is 4.33. The highest BCUT2D eigenvalue weighted by molar-refractivity contribution is 5.66. The van der Waals surface area contributed by atoms with Crippen molar-refractivity contribution >= 4 is 0 Å². The Labute approximate surface area is 127 Å². The van der Waals surface area contributed by atoms with Gasteiger partial charge in [-0.25, -0.2) is 0 Å². The molecule has 2 aromatic carbocycles. The zero-order valence-corrected chi connectivity index (χ0v) is 13.2. The molecule has 0 saturated heterocycles. The number of rotatable bonds is 5. The monoisotopic (exact) mass is 283 g/mol. The molecule has 0 aliphatic carbocycles. The van der Waals surface area contributed by atoms with E-state index in [9.17, 15) is 5.11 Å². The molecule has 0 atom stereocenters. The van der Waals surface area contributed by atoms with Crippen LogP contribution in [0.5, 0.6) is 5.75 Å². The number of benzene rings is 2. The fourth-order valence-corrected chi connectivity index (χ4v) is 2.31. The highest BCUT2D eigenvalue weighted by atomic mass is 16.5. The lowest BCUT2D eigenvalue weighted by Crippen LogP contribution is -2.22. The molecule has 0 spiro atoms. The molecule has 0 heterocycles. The van der Waals surface area contributed by atoms with Crippen LogP contribution < -0.4 is 4.74 Å². The second kappa shape index (κ2) is 6.31. The Morgan fingerprint density at radius 3 is 2.33 bits per heavy atom. The van der Waals surface area contributed by atoms with E-state index in [4.69, 9.17) is 4.74 Å². The van der Waals surface area contributed by atoms with Crippen LogP contribution in [-0.2, 0) is 0 Å². The van der Waals surface area contributed by atoms with Crippen molar-refractivity contribution in [3.8, 4) is 16.9 Å². The predicted octanol–water partition coefficient (Wildman–Crippen LogP) is 4.31. The number of ether oxygens (including phenoxy) is 1. The van der Waals surface area contributed by atoms with Gasteiger partial charge in [-0.2, -0.15) is 0 Å². The van der Waals surface area contributed by atoms with E-state index in [1.807, 2.05) is 18.2 Å². The molecular formula is C19H23O2. The molecule has 111 valence electrons. The Hall–Kier alpha value is -1.80. The first-order chi connectivity index (χ1) is 9.87. The van der Waals surface area contributed by atoms with Crippen LogP contribution in [-0.4, -0.2) is 17.3 Å². The summed E-state index contributed by atoms with van der Waals surface area (Å²) in [4.78, 5) is 0. The SMILES string of the molecule is Cc1cc(-c2[c]cccc2)cc(C)c1OCCC(C)(C)O. The largest absolute Gasteiger partial charge is 0.493 e. The molecule has 0 bridgehead atoms. The first-order valence-electron chi connectivity index (χ1n) is 7.30. The van der Waals surface area contributed by atoms with Crippen LogP contribution in [0.1, 0.15) is 31.4 Å². The maximum absolute atomic E-state index is 9.74. The maximum atomic E-state index is 9.74. The topological polar surface area (TPSA) is 29.5 Å². The van der Waals surface area contributed by atoms with Gasteiger partial charge in [0.1, 0.15) is 5.75 Å². The molecule has 0 fully saturated rings. The second-order valence-corrected chi connectivity index (χ2v) is 6.13. The molecule has 0 aliphatic rings. The quantitative estimate of drug-likeness (QED) is 0.886. The van der Waals surface area contributed by atoms with E-state index in [1.165, 1.54) is 0 Å². The lowest BCUT2D eigenvalue weighted by Gasteiger charge is -2.19. The van der Waals surface area contributed by atoms with Gasteiger partial charge in [-0.15, -0.1) is 0 Å². The van der Waals surface area contributed by atoms with E-state index in [0.717, 1.165) is 28.0 Å². The zero-order valence-electron chi connectivity index (χ0n) is 13.2. The molecule has 2 rings (SSSR count). The van der Waals surface area contributed by atoms with Crippen LogP contribution in [0, 0.1) is 19.9 Å². The van der Waals surface area contributed by atoms with Crippen LogP contribution in [0.25, 0.3) is 11.1 Å². The maximum Gasteiger partial charge on any atom is 0.125 e. The molecule has 0 amide bonds. The first kappa shape index (κ1) is 15.6. The molecule has 2 heteroatoms. The van der Waals surface area contributed by atoms with Crippen molar-refractivity contribution in [1.29, 1.82) is 0 Å². The summed E-state index contributed by atoms with van der Waals surface area (Å²) >= 11 is 0. The molecule has 0 aromatic heterocycles. The van der Waals surface area contributed by atoms with Crippen molar-refractivity contribution in [3.63, 3.8) is 0 Å². The van der Waals surface area contributed by atoms with E-state index in [2.05, 4.69) is 38.1 Å². The predicted molar refractivity (Wildman–Crippen MR) is 86.6 cm³/mol. The summed E-state index contributed by atoms with van der Waals surface area (Å²) in [5, 5.41) is 9.74. The lowest BCUT2D eigenvalue weighted by atomic mass is 10.00. The molecule has 0 saturated carbocycles. The van der Waals surface area contributed by atoms with Crippen molar-refractivity contribution in [2.45, 2.75) is 39.7 Å². The summed E-state index contributed by atoms with van der Waals surface area (Å²) in [6.45, 7) is 8.22. The Kier molecular flexibility index (Phi) is 4.69. The fourth-order valence-electron chi connectivity index (χ4n) is 2.31. The molecule has 2 nitrogen and oxygen atoms in total. The third-order valence-corrected chi connectivity index (χ3v) is 3.44. The Morgan fingerprint density at radius 1 is 1.14 bits per heavy atom. The molecule has 0 aliphatic heterocycles. The van der Waals surface area contributed by atoms with Crippen LogP contribution in [0.3, 0.4) is 0 Å². The van der Waals surface area contributed by atoms with Gasteiger partial charge in [0, 0.05) is 6.42 Å². The summed E-state index contributed by atoms with van der Waals surface area (Å²) in [6.07, 6.45) is 0.611. The lowest BCUT2D eigenvalue weighted by molar-refractivity contribution is 0.0551. The highest BCUT2D eigenvalue weighted by Crippen LogP contribution is 2.30. The van der Waals surface area contributed by atoms with Crippen LogP contribution in [0.15, 0.2) is 36.4 Å². The summed E-state index contributed by atoms with van der Waals surface area (Å²) < 4.78 is 5.86. The van der Waals surface area contributed by atoms with E-state index in [1.54, 1.807) is 13.8 Å². The zero-order chi connectivity index (χ0) is 15.5. The van der Waals surface area contributed by atoms with Gasteiger partial charge >= 0.3 is 0 Å². The normalized spacial score (nSPS) is 11.5. The van der Waals surface area contributed by atoms with Crippen molar-refractivity contribution in [2.24, 2.45) is 0 Å². The first-order valence-corrected chi connectivity index (χ1v) is 7.30. The molecule has 1 radical (unpaired) electrons. The Bertz CT molecular complexity index is 572. The van der Waals surface area contributed by atoms with Gasteiger partial charge in [0.15, 0.2) is 0 Å². The van der Waals surface area contributed by atoms with Gasteiger partial charge < -0.3 is 9.84 Å². The highest BCUT2D eigenvalue weighted by Gasteiger charge is 2.14. The molecule has 21 heavy (non-hydrogen) atoms.